The number of esters is 1. The van der Waals surface area contributed by atoms with Gasteiger partial charge in [0.2, 0.25) is 5.91 Å². The van der Waals surface area contributed by atoms with E-state index in [4.69, 9.17) is 9.15 Å². The third-order valence-electron chi connectivity index (χ3n) is 3.47. The van der Waals surface area contributed by atoms with Gasteiger partial charge in [-0.15, -0.1) is 11.3 Å². The summed E-state index contributed by atoms with van der Waals surface area (Å²) in [5.41, 5.74) is 0.387. The highest BCUT2D eigenvalue weighted by atomic mass is 32.1. The van der Waals surface area contributed by atoms with E-state index in [2.05, 4.69) is 5.32 Å². The summed E-state index contributed by atoms with van der Waals surface area (Å²) in [4.78, 5) is 24.5. The van der Waals surface area contributed by atoms with Crippen LogP contribution in [0.25, 0.3) is 16.2 Å². The maximum atomic E-state index is 12.3. The molecule has 1 N–H and O–H groups in total. The molecule has 2 heterocycles. The molecule has 128 valence electrons. The van der Waals surface area contributed by atoms with Gasteiger partial charge in [0, 0.05) is 16.2 Å². The SMILES string of the molecule is CCOC(=O)c1c(NC(=O)C=Cc2ccc(C)o2)sc2ccccc12. The lowest BCUT2D eigenvalue weighted by molar-refractivity contribution is -0.111. The normalized spacial score (nSPS) is 11.1. The van der Waals surface area contributed by atoms with Crippen molar-refractivity contribution in [3.8, 4) is 0 Å². The van der Waals surface area contributed by atoms with Crippen LogP contribution in [0.15, 0.2) is 46.9 Å². The zero-order chi connectivity index (χ0) is 17.8. The summed E-state index contributed by atoms with van der Waals surface area (Å²) in [6.45, 7) is 3.85. The van der Waals surface area contributed by atoms with Crippen molar-refractivity contribution >= 4 is 44.4 Å². The van der Waals surface area contributed by atoms with Crippen LogP contribution in [0.5, 0.6) is 0 Å². The average Bonchev–Trinajstić information content (AvgIpc) is 3.16. The van der Waals surface area contributed by atoms with Crippen molar-refractivity contribution in [3.05, 3.63) is 59.6 Å². The smallest absolute Gasteiger partial charge is 0.341 e. The summed E-state index contributed by atoms with van der Waals surface area (Å²) in [6, 6.07) is 11.1. The minimum atomic E-state index is -0.444. The van der Waals surface area contributed by atoms with Crippen LogP contribution in [0, 0.1) is 6.92 Å². The number of carbonyl (C=O) groups is 2. The highest BCUT2D eigenvalue weighted by Gasteiger charge is 2.20. The molecule has 1 aromatic carbocycles. The van der Waals surface area contributed by atoms with Gasteiger partial charge in [-0.1, -0.05) is 18.2 Å². The molecule has 2 aromatic heterocycles. The van der Waals surface area contributed by atoms with E-state index in [0.29, 0.717) is 16.3 Å². The van der Waals surface area contributed by atoms with Crippen LogP contribution in [0.1, 0.15) is 28.8 Å². The van der Waals surface area contributed by atoms with E-state index < -0.39 is 5.97 Å². The van der Waals surface area contributed by atoms with Crippen molar-refractivity contribution < 1.29 is 18.7 Å². The Morgan fingerprint density at radius 2 is 2.04 bits per heavy atom. The minimum absolute atomic E-state index is 0.272. The maximum absolute atomic E-state index is 12.3. The van der Waals surface area contributed by atoms with Crippen LogP contribution < -0.4 is 5.32 Å². The van der Waals surface area contributed by atoms with E-state index in [9.17, 15) is 9.59 Å². The van der Waals surface area contributed by atoms with Crippen molar-refractivity contribution in [2.75, 3.05) is 11.9 Å². The highest BCUT2D eigenvalue weighted by Crippen LogP contribution is 2.36. The molecule has 0 spiro atoms. The number of rotatable bonds is 5. The molecule has 0 bridgehead atoms. The fraction of sp³-hybridized carbons (Fsp3) is 0.158. The van der Waals surface area contributed by atoms with Crippen LogP contribution >= 0.6 is 11.3 Å². The number of amides is 1. The average molecular weight is 355 g/mol. The number of furan rings is 1. The number of benzene rings is 1. The van der Waals surface area contributed by atoms with Gasteiger partial charge in [0.25, 0.3) is 0 Å². The van der Waals surface area contributed by atoms with Gasteiger partial charge in [-0.3, -0.25) is 4.79 Å². The second-order valence-electron chi connectivity index (χ2n) is 5.29. The number of nitrogens with one attached hydrogen (secondary N) is 1. The second-order valence-corrected chi connectivity index (χ2v) is 6.35. The van der Waals surface area contributed by atoms with Crippen molar-refractivity contribution in [1.82, 2.24) is 0 Å². The first-order chi connectivity index (χ1) is 12.1. The third kappa shape index (κ3) is 3.80. The van der Waals surface area contributed by atoms with Crippen molar-refractivity contribution in [2.45, 2.75) is 13.8 Å². The maximum Gasteiger partial charge on any atom is 0.341 e. The van der Waals surface area contributed by atoms with Gasteiger partial charge >= 0.3 is 5.97 Å². The molecule has 1 amide bonds. The number of hydrogen-bond donors (Lipinski definition) is 1. The van der Waals surface area contributed by atoms with Crippen LogP contribution in [0.2, 0.25) is 0 Å². The lowest BCUT2D eigenvalue weighted by Gasteiger charge is -2.04. The van der Waals surface area contributed by atoms with Gasteiger partial charge in [-0.2, -0.15) is 0 Å². The third-order valence-corrected chi connectivity index (χ3v) is 4.56. The summed E-state index contributed by atoms with van der Waals surface area (Å²) in [6.07, 6.45) is 2.96. The standard InChI is InChI=1S/C19H17NO4S/c1-3-23-19(22)17-14-6-4-5-7-15(14)25-18(17)20-16(21)11-10-13-9-8-12(2)24-13/h4-11H,3H2,1-2H3,(H,20,21). The summed E-state index contributed by atoms with van der Waals surface area (Å²) >= 11 is 1.34. The van der Waals surface area contributed by atoms with Crippen molar-refractivity contribution in [2.24, 2.45) is 0 Å². The quantitative estimate of drug-likeness (QED) is 0.535. The molecular weight excluding hydrogens is 338 g/mol. The topological polar surface area (TPSA) is 68.5 Å². The molecule has 0 saturated carbocycles. The monoisotopic (exact) mass is 355 g/mol. The van der Waals surface area contributed by atoms with E-state index in [1.54, 1.807) is 19.1 Å². The van der Waals surface area contributed by atoms with Gasteiger partial charge in [0.15, 0.2) is 0 Å². The highest BCUT2D eigenvalue weighted by molar-refractivity contribution is 7.23. The fourth-order valence-electron chi connectivity index (χ4n) is 2.39. The number of ether oxygens (including phenoxy) is 1. The first-order valence-electron chi connectivity index (χ1n) is 7.82. The minimum Gasteiger partial charge on any atom is -0.462 e. The Labute approximate surface area is 148 Å². The fourth-order valence-corrected chi connectivity index (χ4v) is 3.49. The summed E-state index contributed by atoms with van der Waals surface area (Å²) in [5.74, 6) is 0.579. The second kappa shape index (κ2) is 7.36. The summed E-state index contributed by atoms with van der Waals surface area (Å²) < 4.78 is 11.4. The molecule has 0 aliphatic carbocycles. The van der Waals surface area contributed by atoms with Gasteiger partial charge < -0.3 is 14.5 Å². The largest absolute Gasteiger partial charge is 0.462 e. The first kappa shape index (κ1) is 17.0. The molecule has 6 heteroatoms. The zero-order valence-electron chi connectivity index (χ0n) is 13.9. The Morgan fingerprint density at radius 3 is 2.76 bits per heavy atom. The van der Waals surface area contributed by atoms with Crippen LogP contribution in [-0.2, 0) is 9.53 Å². The molecule has 3 rings (SSSR count). The lowest BCUT2D eigenvalue weighted by atomic mass is 10.1. The lowest BCUT2D eigenvalue weighted by Crippen LogP contribution is -2.11. The van der Waals surface area contributed by atoms with E-state index in [1.807, 2.05) is 37.3 Å². The van der Waals surface area contributed by atoms with Gasteiger partial charge in [0.1, 0.15) is 22.1 Å². The number of hydrogen-bond acceptors (Lipinski definition) is 5. The van der Waals surface area contributed by atoms with E-state index >= 15 is 0 Å². The van der Waals surface area contributed by atoms with Crippen LogP contribution in [0.3, 0.4) is 0 Å². The van der Waals surface area contributed by atoms with Crippen LogP contribution in [0.4, 0.5) is 5.00 Å². The molecule has 0 aliphatic heterocycles. The van der Waals surface area contributed by atoms with Gasteiger partial charge in [-0.05, 0) is 38.1 Å². The molecule has 0 radical (unpaired) electrons. The van der Waals surface area contributed by atoms with Crippen molar-refractivity contribution in [1.29, 1.82) is 0 Å². The molecule has 0 atom stereocenters. The Kier molecular flexibility index (Phi) is 5.00. The molecule has 5 nitrogen and oxygen atoms in total. The Bertz CT molecular complexity index is 951. The van der Waals surface area contributed by atoms with E-state index in [-0.39, 0.29) is 12.5 Å². The predicted molar refractivity (Wildman–Crippen MR) is 98.9 cm³/mol. The number of aryl methyl sites for hydroxylation is 1. The number of thiophene rings is 1. The van der Waals surface area contributed by atoms with Gasteiger partial charge in [0.05, 0.1) is 6.61 Å². The number of anilines is 1. The molecule has 0 saturated heterocycles. The Hall–Kier alpha value is -2.86. The summed E-state index contributed by atoms with van der Waals surface area (Å²) in [5, 5.41) is 4.01. The van der Waals surface area contributed by atoms with E-state index in [0.717, 1.165) is 15.8 Å². The van der Waals surface area contributed by atoms with Crippen LogP contribution in [-0.4, -0.2) is 18.5 Å². The van der Waals surface area contributed by atoms with Gasteiger partial charge in [-0.25, -0.2) is 4.79 Å². The molecule has 3 aromatic rings. The predicted octanol–water partition coefficient (Wildman–Crippen LogP) is 4.63. The molecule has 0 aliphatic rings. The molecule has 0 fully saturated rings. The molecule has 0 unspecified atom stereocenters. The van der Waals surface area contributed by atoms with Crippen molar-refractivity contribution in [3.63, 3.8) is 0 Å². The first-order valence-corrected chi connectivity index (χ1v) is 8.64. The van der Waals surface area contributed by atoms with E-state index in [1.165, 1.54) is 17.4 Å². The molecule has 25 heavy (non-hydrogen) atoms. The Balaban J connectivity index is 1.87. The Morgan fingerprint density at radius 1 is 1.24 bits per heavy atom. The number of fused-ring (bicyclic) bond motifs is 1. The zero-order valence-corrected chi connectivity index (χ0v) is 14.7. The summed E-state index contributed by atoms with van der Waals surface area (Å²) in [7, 11) is 0. The number of carbonyl (C=O) groups excluding carboxylic acids is 2. The molecular formula is C19H17NO4S.